The van der Waals surface area contributed by atoms with Crippen LogP contribution in [0.5, 0.6) is 0 Å². The quantitative estimate of drug-likeness (QED) is 0.886. The summed E-state index contributed by atoms with van der Waals surface area (Å²) in [6.07, 6.45) is 9.08. The third-order valence-electron chi connectivity index (χ3n) is 5.14. The Balaban J connectivity index is 1.47. The van der Waals surface area contributed by atoms with E-state index in [2.05, 4.69) is 10.3 Å². The molecule has 1 atom stereocenters. The molecular weight excluding hydrogens is 294 g/mol. The van der Waals surface area contributed by atoms with E-state index in [0.717, 1.165) is 6.42 Å². The monoisotopic (exact) mass is 319 g/mol. The number of hydrogen-bond acceptors (Lipinski definition) is 4. The van der Waals surface area contributed by atoms with Crippen molar-refractivity contribution >= 4 is 11.8 Å². The summed E-state index contributed by atoms with van der Waals surface area (Å²) in [5.74, 6) is 0.468. The van der Waals surface area contributed by atoms with Gasteiger partial charge in [0.05, 0.1) is 12.2 Å². The molecule has 1 aliphatic heterocycles. The Morgan fingerprint density at radius 1 is 1.30 bits per heavy atom. The van der Waals surface area contributed by atoms with Crippen molar-refractivity contribution in [2.24, 2.45) is 17.6 Å². The van der Waals surface area contributed by atoms with Gasteiger partial charge in [-0.25, -0.2) is 4.68 Å². The Labute approximate surface area is 136 Å². The van der Waals surface area contributed by atoms with Crippen molar-refractivity contribution in [3.8, 4) is 0 Å². The molecule has 1 saturated heterocycles. The van der Waals surface area contributed by atoms with Gasteiger partial charge in [0.2, 0.25) is 5.91 Å². The lowest BCUT2D eigenvalue weighted by Gasteiger charge is -2.40. The van der Waals surface area contributed by atoms with Gasteiger partial charge in [0.1, 0.15) is 0 Å². The second kappa shape index (κ2) is 6.68. The molecule has 2 fully saturated rings. The van der Waals surface area contributed by atoms with Crippen molar-refractivity contribution in [2.75, 3.05) is 13.1 Å². The molecule has 1 aliphatic carbocycles. The lowest BCUT2D eigenvalue weighted by molar-refractivity contribution is -0.141. The third kappa shape index (κ3) is 3.54. The van der Waals surface area contributed by atoms with Gasteiger partial charge in [-0.1, -0.05) is 44.2 Å². The lowest BCUT2D eigenvalue weighted by atomic mass is 9.82. The standard InChI is InChI=1S/C16H25N5O2/c1-11(7-12-5-3-2-4-6-12)16(23)20-8-13(9-20)21-10-14(15(17)22)18-19-21/h10-13H,2-9H2,1H3,(H2,17,22)/t11-/m0/s1. The molecule has 7 nitrogen and oxygen atoms in total. The first-order valence-corrected chi connectivity index (χ1v) is 8.55. The molecule has 1 saturated carbocycles. The van der Waals surface area contributed by atoms with Gasteiger partial charge in [0, 0.05) is 19.0 Å². The highest BCUT2D eigenvalue weighted by molar-refractivity contribution is 5.90. The molecule has 126 valence electrons. The molecule has 0 aromatic carbocycles. The van der Waals surface area contributed by atoms with E-state index in [4.69, 9.17) is 5.73 Å². The number of amides is 2. The summed E-state index contributed by atoms with van der Waals surface area (Å²) in [7, 11) is 0. The van der Waals surface area contributed by atoms with Crippen molar-refractivity contribution in [1.29, 1.82) is 0 Å². The molecule has 1 aromatic heterocycles. The van der Waals surface area contributed by atoms with Crippen LogP contribution in [-0.2, 0) is 4.79 Å². The zero-order chi connectivity index (χ0) is 16.4. The lowest BCUT2D eigenvalue weighted by Crippen LogP contribution is -2.52. The number of hydrogen-bond donors (Lipinski definition) is 1. The normalized spacial score (nSPS) is 21.0. The Morgan fingerprint density at radius 3 is 2.61 bits per heavy atom. The van der Waals surface area contributed by atoms with Gasteiger partial charge < -0.3 is 10.6 Å². The maximum atomic E-state index is 12.5. The molecule has 0 spiro atoms. The minimum absolute atomic E-state index is 0.0935. The summed E-state index contributed by atoms with van der Waals surface area (Å²) < 4.78 is 1.63. The summed E-state index contributed by atoms with van der Waals surface area (Å²) in [6, 6.07) is 0.0985. The van der Waals surface area contributed by atoms with E-state index in [9.17, 15) is 9.59 Å². The van der Waals surface area contributed by atoms with Gasteiger partial charge in [0.25, 0.3) is 5.91 Å². The summed E-state index contributed by atoms with van der Waals surface area (Å²) >= 11 is 0. The largest absolute Gasteiger partial charge is 0.364 e. The van der Waals surface area contributed by atoms with Crippen molar-refractivity contribution < 1.29 is 9.59 Å². The van der Waals surface area contributed by atoms with E-state index in [1.54, 1.807) is 10.9 Å². The molecule has 1 aromatic rings. The van der Waals surface area contributed by atoms with Crippen LogP contribution < -0.4 is 5.73 Å². The van der Waals surface area contributed by atoms with Crippen molar-refractivity contribution in [2.45, 2.75) is 51.5 Å². The molecule has 23 heavy (non-hydrogen) atoms. The number of carbonyl (C=O) groups is 2. The maximum absolute atomic E-state index is 12.5. The minimum Gasteiger partial charge on any atom is -0.364 e. The first-order valence-electron chi connectivity index (χ1n) is 8.55. The van der Waals surface area contributed by atoms with Crippen LogP contribution in [0.15, 0.2) is 6.20 Å². The van der Waals surface area contributed by atoms with Gasteiger partial charge in [0.15, 0.2) is 5.69 Å². The molecular formula is C16H25N5O2. The van der Waals surface area contributed by atoms with Crippen molar-refractivity contribution in [3.05, 3.63) is 11.9 Å². The average molecular weight is 319 g/mol. The number of likely N-dealkylation sites (tertiary alicyclic amines) is 1. The first-order chi connectivity index (χ1) is 11.0. The first kappa shape index (κ1) is 16.0. The number of carbonyl (C=O) groups excluding carboxylic acids is 2. The molecule has 2 heterocycles. The molecule has 2 N–H and O–H groups in total. The van der Waals surface area contributed by atoms with Gasteiger partial charge in [-0.2, -0.15) is 0 Å². The molecule has 2 amide bonds. The van der Waals surface area contributed by atoms with Crippen LogP contribution in [-0.4, -0.2) is 44.8 Å². The SMILES string of the molecule is C[C@@H](CC1CCCCC1)C(=O)N1CC(n2cc(C(N)=O)nn2)C1. The Morgan fingerprint density at radius 2 is 2.00 bits per heavy atom. The van der Waals surface area contributed by atoms with Gasteiger partial charge in [-0.15, -0.1) is 5.10 Å². The van der Waals surface area contributed by atoms with Crippen LogP contribution in [0.2, 0.25) is 0 Å². The second-order valence-electron chi connectivity index (χ2n) is 6.99. The number of primary amides is 1. The number of aromatic nitrogens is 3. The predicted molar refractivity (Wildman–Crippen MR) is 84.5 cm³/mol. The van der Waals surface area contributed by atoms with E-state index < -0.39 is 5.91 Å². The summed E-state index contributed by atoms with van der Waals surface area (Å²) in [5.41, 5.74) is 5.34. The number of nitrogens with zero attached hydrogens (tertiary/aromatic N) is 4. The van der Waals surface area contributed by atoms with Crippen LogP contribution in [0, 0.1) is 11.8 Å². The molecule has 0 bridgehead atoms. The highest BCUT2D eigenvalue weighted by Gasteiger charge is 2.35. The van der Waals surface area contributed by atoms with Gasteiger partial charge in [-0.05, 0) is 12.3 Å². The molecule has 3 rings (SSSR count). The van der Waals surface area contributed by atoms with E-state index in [1.165, 1.54) is 32.1 Å². The highest BCUT2D eigenvalue weighted by Crippen LogP contribution is 2.31. The second-order valence-corrected chi connectivity index (χ2v) is 6.99. The molecule has 2 aliphatic rings. The Bertz CT molecular complexity index is 573. The van der Waals surface area contributed by atoms with E-state index in [1.807, 2.05) is 11.8 Å². The fourth-order valence-electron chi connectivity index (χ4n) is 3.71. The fourth-order valence-corrected chi connectivity index (χ4v) is 3.71. The molecule has 0 radical (unpaired) electrons. The van der Waals surface area contributed by atoms with E-state index >= 15 is 0 Å². The van der Waals surface area contributed by atoms with Crippen LogP contribution in [0.25, 0.3) is 0 Å². The van der Waals surface area contributed by atoms with Crippen molar-refractivity contribution in [1.82, 2.24) is 19.9 Å². The van der Waals surface area contributed by atoms with E-state index in [-0.39, 0.29) is 23.6 Å². The zero-order valence-electron chi connectivity index (χ0n) is 13.6. The van der Waals surface area contributed by atoms with Crippen LogP contribution in [0.1, 0.15) is 62.0 Å². The Hall–Kier alpha value is -1.92. The number of nitrogens with two attached hydrogens (primary N) is 1. The van der Waals surface area contributed by atoms with Crippen LogP contribution in [0.4, 0.5) is 0 Å². The average Bonchev–Trinajstić information content (AvgIpc) is 2.96. The van der Waals surface area contributed by atoms with Gasteiger partial charge >= 0.3 is 0 Å². The number of rotatable bonds is 5. The smallest absolute Gasteiger partial charge is 0.270 e. The minimum atomic E-state index is -0.579. The zero-order valence-corrected chi connectivity index (χ0v) is 13.6. The Kier molecular flexibility index (Phi) is 4.63. The predicted octanol–water partition coefficient (Wildman–Crippen LogP) is 1.37. The van der Waals surface area contributed by atoms with E-state index in [0.29, 0.717) is 19.0 Å². The molecule has 0 unspecified atom stereocenters. The summed E-state index contributed by atoms with van der Waals surface area (Å²) in [6.45, 7) is 3.32. The fraction of sp³-hybridized carbons (Fsp3) is 0.750. The van der Waals surface area contributed by atoms with Crippen LogP contribution >= 0.6 is 0 Å². The third-order valence-corrected chi connectivity index (χ3v) is 5.14. The summed E-state index contributed by atoms with van der Waals surface area (Å²) in [5, 5.41) is 7.66. The van der Waals surface area contributed by atoms with Gasteiger partial charge in [-0.3, -0.25) is 9.59 Å². The topological polar surface area (TPSA) is 94.1 Å². The summed E-state index contributed by atoms with van der Waals surface area (Å²) in [4.78, 5) is 25.4. The highest BCUT2D eigenvalue weighted by atomic mass is 16.2. The van der Waals surface area contributed by atoms with Crippen LogP contribution in [0.3, 0.4) is 0 Å². The van der Waals surface area contributed by atoms with Crippen molar-refractivity contribution in [3.63, 3.8) is 0 Å². The maximum Gasteiger partial charge on any atom is 0.270 e. The molecule has 7 heteroatoms.